The number of ether oxygens (including phenoxy) is 1. The molecule has 0 fully saturated rings. The first-order chi connectivity index (χ1) is 18.0. The van der Waals surface area contributed by atoms with Crippen LogP contribution in [-0.2, 0) is 16.4 Å². The number of urea groups is 1. The summed E-state index contributed by atoms with van der Waals surface area (Å²) in [5, 5.41) is 2.71. The molecule has 38 heavy (non-hydrogen) atoms. The van der Waals surface area contributed by atoms with E-state index in [1.54, 1.807) is 48.0 Å². The first-order valence-electron chi connectivity index (χ1n) is 11.7. The number of rotatable bonds is 9. The largest absolute Gasteiger partial charge is 0.433 e. The number of alkyl halides is 2. The number of carbonyl (C=O) groups is 1. The van der Waals surface area contributed by atoms with Gasteiger partial charge in [0.2, 0.25) is 0 Å². The van der Waals surface area contributed by atoms with Crippen LogP contribution in [0.2, 0.25) is 0 Å². The molecule has 1 atom stereocenters. The van der Waals surface area contributed by atoms with Crippen molar-refractivity contribution in [3.8, 4) is 11.4 Å². The van der Waals surface area contributed by atoms with E-state index in [0.717, 1.165) is 5.56 Å². The molecule has 2 amide bonds. The van der Waals surface area contributed by atoms with Gasteiger partial charge in [-0.25, -0.2) is 22.9 Å². The molecular weight excluding hydrogens is 514 g/mol. The summed E-state index contributed by atoms with van der Waals surface area (Å²) >= 11 is 0. The van der Waals surface area contributed by atoms with Gasteiger partial charge in [-0.15, -0.1) is 0 Å². The topological polar surface area (TPSA) is 102 Å². The number of amides is 2. The molecule has 1 aromatic heterocycles. The molecule has 0 spiro atoms. The quantitative estimate of drug-likeness (QED) is 0.306. The minimum atomic E-state index is -4.14. The van der Waals surface area contributed by atoms with E-state index < -0.39 is 28.2 Å². The molecule has 3 aromatic carbocycles. The zero-order chi connectivity index (χ0) is 27.3. The minimum absolute atomic E-state index is 0.0131. The molecule has 0 bridgehead atoms. The second-order valence-corrected chi connectivity index (χ2v) is 10.3. The summed E-state index contributed by atoms with van der Waals surface area (Å²) in [6.07, 6.45) is 0.0203. The molecule has 0 aliphatic heterocycles. The lowest BCUT2D eigenvalue weighted by Crippen LogP contribution is -2.42. The Labute approximate surface area is 219 Å². The Morgan fingerprint density at radius 3 is 2.47 bits per heavy atom. The number of sulfonamides is 1. The molecule has 0 unspecified atom stereocenters. The van der Waals surface area contributed by atoms with Crippen molar-refractivity contribution in [2.24, 2.45) is 0 Å². The lowest BCUT2D eigenvalue weighted by atomic mass is 10.1. The molecule has 0 aliphatic rings. The van der Waals surface area contributed by atoms with E-state index in [4.69, 9.17) is 4.74 Å². The lowest BCUT2D eigenvalue weighted by molar-refractivity contribution is -0.158. The number of carbonyl (C=O) groups excluding carboxylic acids is 1. The van der Waals surface area contributed by atoms with Gasteiger partial charge in [-0.2, -0.15) is 8.78 Å². The summed E-state index contributed by atoms with van der Waals surface area (Å²) in [5.74, 6) is 0.307. The van der Waals surface area contributed by atoms with E-state index in [-0.39, 0.29) is 17.1 Å². The van der Waals surface area contributed by atoms with Crippen LogP contribution in [-0.4, -0.2) is 30.1 Å². The van der Waals surface area contributed by atoms with E-state index >= 15 is 0 Å². The van der Waals surface area contributed by atoms with Crippen LogP contribution < -0.4 is 14.8 Å². The number of benzene rings is 3. The maximum Gasteiger partial charge on any atom is 0.394 e. The summed E-state index contributed by atoms with van der Waals surface area (Å²) in [6.45, 7) is 2.28. The molecule has 0 radical (unpaired) electrons. The van der Waals surface area contributed by atoms with Crippen LogP contribution in [0.5, 0.6) is 5.75 Å². The Balaban J connectivity index is 1.64. The number of hydrogen-bond acceptors (Lipinski definition) is 5. The van der Waals surface area contributed by atoms with Crippen molar-refractivity contribution in [1.82, 2.24) is 19.6 Å². The molecule has 4 aromatic rings. The highest BCUT2D eigenvalue weighted by Gasteiger charge is 2.26. The number of hydrogen-bond donors (Lipinski definition) is 2. The van der Waals surface area contributed by atoms with Gasteiger partial charge >= 0.3 is 12.1 Å². The van der Waals surface area contributed by atoms with Gasteiger partial charge in [-0.05, 0) is 42.7 Å². The van der Waals surface area contributed by atoms with E-state index in [1.165, 1.54) is 24.4 Å². The Morgan fingerprint density at radius 1 is 1.05 bits per heavy atom. The summed E-state index contributed by atoms with van der Waals surface area (Å²) in [7, 11) is -4.14. The Hall–Kier alpha value is -4.25. The van der Waals surface area contributed by atoms with Crippen LogP contribution >= 0.6 is 0 Å². The molecular formula is C27H26F2N4O4S. The van der Waals surface area contributed by atoms with Crippen molar-refractivity contribution in [3.05, 3.63) is 108 Å². The van der Waals surface area contributed by atoms with Crippen molar-refractivity contribution in [2.45, 2.75) is 37.3 Å². The fraction of sp³-hybridized carbons (Fsp3) is 0.185. The predicted octanol–water partition coefficient (Wildman–Crippen LogP) is 5.14. The molecule has 1 heterocycles. The van der Waals surface area contributed by atoms with E-state index in [0.29, 0.717) is 24.0 Å². The molecule has 4 rings (SSSR count). The third-order valence-corrected chi connectivity index (χ3v) is 7.06. The van der Waals surface area contributed by atoms with Gasteiger partial charge in [0.15, 0.2) is 0 Å². The van der Waals surface area contributed by atoms with Crippen LogP contribution in [0.1, 0.15) is 29.9 Å². The first-order valence-corrected chi connectivity index (χ1v) is 13.1. The van der Waals surface area contributed by atoms with E-state index in [2.05, 4.69) is 15.0 Å². The van der Waals surface area contributed by atoms with Gasteiger partial charge in [0.1, 0.15) is 11.6 Å². The lowest BCUT2D eigenvalue weighted by Gasteiger charge is -2.21. The molecule has 0 saturated heterocycles. The third-order valence-electron chi connectivity index (χ3n) is 5.57. The van der Waals surface area contributed by atoms with Crippen LogP contribution in [0, 0.1) is 6.92 Å². The van der Waals surface area contributed by atoms with Crippen LogP contribution in [0.25, 0.3) is 5.69 Å². The van der Waals surface area contributed by atoms with Gasteiger partial charge in [0.05, 0.1) is 16.6 Å². The Kier molecular flexibility index (Phi) is 7.77. The zero-order valence-electron chi connectivity index (χ0n) is 20.6. The molecule has 0 saturated carbocycles. The van der Waals surface area contributed by atoms with Crippen molar-refractivity contribution in [1.29, 1.82) is 0 Å². The van der Waals surface area contributed by atoms with Gasteiger partial charge in [-0.3, -0.25) is 0 Å². The average Bonchev–Trinajstić information content (AvgIpc) is 3.33. The fourth-order valence-electron chi connectivity index (χ4n) is 3.97. The second-order valence-electron chi connectivity index (χ2n) is 8.65. The standard InChI is InChI=1S/C27H26F2N4O4S/c1-19-9-6-7-14-24(19)38(35,36)32-26(34)31-23(17-20-10-4-3-5-11-20)25-30-15-16-33(25)21-12-8-13-22(18-21)37-27(2,28)29/h3-16,18,23H,17H2,1-2H3,(H2,31,32,34)/t23-/m0/s1. The number of nitrogens with zero attached hydrogens (tertiary/aromatic N) is 2. The number of aromatic nitrogens is 2. The fourth-order valence-corrected chi connectivity index (χ4v) is 5.14. The number of imidazole rings is 1. The van der Waals surface area contributed by atoms with Crippen LogP contribution in [0.3, 0.4) is 0 Å². The highest BCUT2D eigenvalue weighted by molar-refractivity contribution is 7.90. The monoisotopic (exact) mass is 540 g/mol. The molecule has 2 N–H and O–H groups in total. The summed E-state index contributed by atoms with van der Waals surface area (Å²) in [6, 6.07) is 19.9. The van der Waals surface area contributed by atoms with Crippen molar-refractivity contribution >= 4 is 16.1 Å². The van der Waals surface area contributed by atoms with Gasteiger partial charge < -0.3 is 14.6 Å². The number of aryl methyl sites for hydroxylation is 1. The van der Waals surface area contributed by atoms with Crippen LogP contribution in [0.4, 0.5) is 13.6 Å². The summed E-state index contributed by atoms with van der Waals surface area (Å²) in [4.78, 5) is 17.3. The first kappa shape index (κ1) is 26.8. The molecule has 8 nitrogen and oxygen atoms in total. The normalized spacial score (nSPS) is 12.5. The predicted molar refractivity (Wildman–Crippen MR) is 138 cm³/mol. The average molecular weight is 541 g/mol. The van der Waals surface area contributed by atoms with Crippen molar-refractivity contribution < 1.29 is 26.7 Å². The third kappa shape index (κ3) is 6.74. The number of halogens is 2. The van der Waals surface area contributed by atoms with Gasteiger partial charge in [0, 0.05) is 25.4 Å². The zero-order valence-corrected chi connectivity index (χ0v) is 21.5. The second kappa shape index (κ2) is 11.0. The maximum absolute atomic E-state index is 13.4. The summed E-state index contributed by atoms with van der Waals surface area (Å²) in [5.41, 5.74) is 1.81. The van der Waals surface area contributed by atoms with Crippen LogP contribution in [0.15, 0.2) is 96.2 Å². The number of nitrogens with one attached hydrogen (secondary N) is 2. The molecule has 11 heteroatoms. The van der Waals surface area contributed by atoms with Crippen molar-refractivity contribution in [2.75, 3.05) is 0 Å². The van der Waals surface area contributed by atoms with E-state index in [9.17, 15) is 22.0 Å². The highest BCUT2D eigenvalue weighted by atomic mass is 32.2. The smallest absolute Gasteiger partial charge is 0.394 e. The minimum Gasteiger partial charge on any atom is -0.433 e. The van der Waals surface area contributed by atoms with Gasteiger partial charge in [-0.1, -0.05) is 54.6 Å². The van der Waals surface area contributed by atoms with E-state index in [1.807, 2.05) is 30.3 Å². The van der Waals surface area contributed by atoms with Gasteiger partial charge in [0.25, 0.3) is 10.0 Å². The Bertz CT molecular complexity index is 1520. The van der Waals surface area contributed by atoms with Crippen molar-refractivity contribution in [3.63, 3.8) is 0 Å². The highest BCUT2D eigenvalue weighted by Crippen LogP contribution is 2.26. The molecule has 198 valence electrons. The summed E-state index contributed by atoms with van der Waals surface area (Å²) < 4.78 is 60.9. The Morgan fingerprint density at radius 2 is 1.76 bits per heavy atom. The molecule has 0 aliphatic carbocycles. The maximum atomic E-state index is 13.4. The SMILES string of the molecule is Cc1ccccc1S(=O)(=O)NC(=O)N[C@@H](Cc1ccccc1)c1nccn1-c1cccc(OC(C)(F)F)c1.